The number of allylic oxidation sites excluding steroid dienone is 1. The Labute approximate surface area is 87.6 Å². The van der Waals surface area contributed by atoms with E-state index in [0.717, 1.165) is 25.7 Å². The fraction of sp³-hybridized carbons (Fsp3) is 0.769. The van der Waals surface area contributed by atoms with Crippen LogP contribution in [0.25, 0.3) is 0 Å². The van der Waals surface area contributed by atoms with Crippen molar-refractivity contribution in [3.05, 3.63) is 12.2 Å². The SMILES string of the molecule is C=C(C)CC[C@@H]1[C@H](C)CCC(=O)[C@H]1C. The van der Waals surface area contributed by atoms with E-state index in [9.17, 15) is 4.79 Å². The first-order valence-electron chi connectivity index (χ1n) is 5.69. The lowest BCUT2D eigenvalue weighted by Crippen LogP contribution is -2.31. The summed E-state index contributed by atoms with van der Waals surface area (Å²) in [5.41, 5.74) is 1.24. The highest BCUT2D eigenvalue weighted by molar-refractivity contribution is 5.81. The Morgan fingerprint density at radius 2 is 2.14 bits per heavy atom. The number of Topliss-reactive ketones (excluding diaryl/α,β-unsaturated/α-hetero) is 1. The topological polar surface area (TPSA) is 17.1 Å². The van der Waals surface area contributed by atoms with E-state index >= 15 is 0 Å². The van der Waals surface area contributed by atoms with Crippen molar-refractivity contribution in [2.45, 2.75) is 46.5 Å². The summed E-state index contributed by atoms with van der Waals surface area (Å²) >= 11 is 0. The van der Waals surface area contributed by atoms with Gasteiger partial charge >= 0.3 is 0 Å². The van der Waals surface area contributed by atoms with Crippen LogP contribution in [0, 0.1) is 17.8 Å². The predicted octanol–water partition coefficient (Wildman–Crippen LogP) is 3.59. The highest BCUT2D eigenvalue weighted by atomic mass is 16.1. The van der Waals surface area contributed by atoms with Crippen molar-refractivity contribution in [3.8, 4) is 0 Å². The number of carbonyl (C=O) groups excluding carboxylic acids is 1. The molecule has 0 spiro atoms. The van der Waals surface area contributed by atoms with Crippen molar-refractivity contribution in [1.82, 2.24) is 0 Å². The normalized spacial score (nSPS) is 33.1. The Hall–Kier alpha value is -0.590. The molecule has 1 nitrogen and oxygen atoms in total. The summed E-state index contributed by atoms with van der Waals surface area (Å²) in [6.07, 6.45) is 4.10. The summed E-state index contributed by atoms with van der Waals surface area (Å²) in [4.78, 5) is 11.6. The first-order valence-corrected chi connectivity index (χ1v) is 5.69. The van der Waals surface area contributed by atoms with E-state index in [-0.39, 0.29) is 5.92 Å². The van der Waals surface area contributed by atoms with E-state index in [2.05, 4.69) is 27.4 Å². The zero-order valence-electron chi connectivity index (χ0n) is 9.68. The minimum absolute atomic E-state index is 0.276. The molecule has 3 atom stereocenters. The summed E-state index contributed by atoms with van der Waals surface area (Å²) in [5, 5.41) is 0. The van der Waals surface area contributed by atoms with Crippen molar-refractivity contribution in [1.29, 1.82) is 0 Å². The summed E-state index contributed by atoms with van der Waals surface area (Å²) in [6.45, 7) is 10.4. The summed E-state index contributed by atoms with van der Waals surface area (Å²) < 4.78 is 0. The number of hydrogen-bond acceptors (Lipinski definition) is 1. The quantitative estimate of drug-likeness (QED) is 0.627. The van der Waals surface area contributed by atoms with E-state index in [1.54, 1.807) is 0 Å². The Bertz CT molecular complexity index is 229. The lowest BCUT2D eigenvalue weighted by atomic mass is 9.71. The third-order valence-electron chi connectivity index (χ3n) is 3.63. The minimum atomic E-state index is 0.276. The van der Waals surface area contributed by atoms with Gasteiger partial charge in [0.05, 0.1) is 0 Å². The molecule has 0 aromatic rings. The Morgan fingerprint density at radius 1 is 1.50 bits per heavy atom. The maximum absolute atomic E-state index is 11.6. The molecule has 0 N–H and O–H groups in total. The first-order chi connectivity index (χ1) is 6.52. The van der Waals surface area contributed by atoms with E-state index in [0.29, 0.717) is 17.6 Å². The van der Waals surface area contributed by atoms with E-state index in [1.165, 1.54) is 5.57 Å². The molecule has 1 rings (SSSR count). The molecule has 0 amide bonds. The lowest BCUT2D eigenvalue weighted by Gasteiger charge is -2.33. The van der Waals surface area contributed by atoms with Gasteiger partial charge in [0.1, 0.15) is 5.78 Å². The summed E-state index contributed by atoms with van der Waals surface area (Å²) in [5.74, 6) is 2.04. The van der Waals surface area contributed by atoms with Gasteiger partial charge in [-0.2, -0.15) is 0 Å². The summed E-state index contributed by atoms with van der Waals surface area (Å²) in [7, 11) is 0. The van der Waals surface area contributed by atoms with Crippen LogP contribution in [0.2, 0.25) is 0 Å². The average molecular weight is 194 g/mol. The van der Waals surface area contributed by atoms with Gasteiger partial charge in [-0.1, -0.05) is 19.4 Å². The molecule has 0 saturated heterocycles. The molecular formula is C13H22O. The molecule has 0 aromatic carbocycles. The maximum Gasteiger partial charge on any atom is 0.135 e. The standard InChI is InChI=1S/C13H22O/c1-9(2)5-7-12-10(3)6-8-13(14)11(12)4/h10-12H,1,5-8H2,2-4H3/t10-,11+,12-/m1/s1. The van der Waals surface area contributed by atoms with Crippen LogP contribution in [-0.2, 0) is 4.79 Å². The highest BCUT2D eigenvalue weighted by Crippen LogP contribution is 2.35. The van der Waals surface area contributed by atoms with Gasteiger partial charge in [0.2, 0.25) is 0 Å². The second-order valence-corrected chi connectivity index (χ2v) is 4.93. The molecule has 1 aliphatic rings. The molecule has 0 heterocycles. The second kappa shape index (κ2) is 4.77. The van der Waals surface area contributed by atoms with E-state index < -0.39 is 0 Å². The van der Waals surface area contributed by atoms with Gasteiger partial charge in [-0.3, -0.25) is 4.79 Å². The molecule has 1 fully saturated rings. The van der Waals surface area contributed by atoms with Crippen LogP contribution in [-0.4, -0.2) is 5.78 Å². The van der Waals surface area contributed by atoms with Gasteiger partial charge < -0.3 is 0 Å². The third kappa shape index (κ3) is 2.70. The van der Waals surface area contributed by atoms with E-state index in [1.807, 2.05) is 0 Å². The van der Waals surface area contributed by atoms with Crippen LogP contribution < -0.4 is 0 Å². The zero-order chi connectivity index (χ0) is 10.7. The molecule has 1 heteroatoms. The van der Waals surface area contributed by atoms with Gasteiger partial charge in [0.25, 0.3) is 0 Å². The number of ketones is 1. The number of rotatable bonds is 3. The molecule has 1 saturated carbocycles. The van der Waals surface area contributed by atoms with Crippen LogP contribution in [0.3, 0.4) is 0 Å². The van der Waals surface area contributed by atoms with Crippen LogP contribution in [0.4, 0.5) is 0 Å². The monoisotopic (exact) mass is 194 g/mol. The van der Waals surface area contributed by atoms with Gasteiger partial charge in [-0.15, -0.1) is 6.58 Å². The van der Waals surface area contributed by atoms with Crippen LogP contribution in [0.15, 0.2) is 12.2 Å². The van der Waals surface area contributed by atoms with Crippen LogP contribution in [0.5, 0.6) is 0 Å². The van der Waals surface area contributed by atoms with Crippen LogP contribution in [0.1, 0.15) is 46.5 Å². The minimum Gasteiger partial charge on any atom is -0.299 e. The number of hydrogen-bond donors (Lipinski definition) is 0. The fourth-order valence-corrected chi connectivity index (χ4v) is 2.49. The van der Waals surface area contributed by atoms with Crippen molar-refractivity contribution >= 4 is 5.78 Å². The van der Waals surface area contributed by atoms with Gasteiger partial charge in [-0.25, -0.2) is 0 Å². The predicted molar refractivity (Wildman–Crippen MR) is 60.1 cm³/mol. The van der Waals surface area contributed by atoms with Crippen molar-refractivity contribution in [3.63, 3.8) is 0 Å². The summed E-state index contributed by atoms with van der Waals surface area (Å²) in [6, 6.07) is 0. The van der Waals surface area contributed by atoms with Crippen LogP contribution >= 0.6 is 0 Å². The molecule has 0 bridgehead atoms. The fourth-order valence-electron chi connectivity index (χ4n) is 2.49. The Kier molecular flexibility index (Phi) is 3.91. The molecule has 0 aromatic heterocycles. The average Bonchev–Trinajstić information content (AvgIpc) is 2.11. The van der Waals surface area contributed by atoms with Crippen molar-refractivity contribution < 1.29 is 4.79 Å². The third-order valence-corrected chi connectivity index (χ3v) is 3.63. The zero-order valence-corrected chi connectivity index (χ0v) is 9.68. The Morgan fingerprint density at radius 3 is 2.71 bits per heavy atom. The smallest absolute Gasteiger partial charge is 0.135 e. The van der Waals surface area contributed by atoms with Crippen molar-refractivity contribution in [2.24, 2.45) is 17.8 Å². The maximum atomic E-state index is 11.6. The van der Waals surface area contributed by atoms with Gasteiger partial charge in [0, 0.05) is 12.3 Å². The van der Waals surface area contributed by atoms with Gasteiger partial charge in [-0.05, 0) is 38.0 Å². The Balaban J connectivity index is 2.54. The molecule has 0 unspecified atom stereocenters. The molecule has 80 valence electrons. The highest BCUT2D eigenvalue weighted by Gasteiger charge is 2.32. The molecule has 1 aliphatic carbocycles. The molecule has 0 radical (unpaired) electrons. The number of carbonyl (C=O) groups is 1. The van der Waals surface area contributed by atoms with Gasteiger partial charge in [0.15, 0.2) is 0 Å². The first kappa shape index (κ1) is 11.5. The molecule has 0 aliphatic heterocycles. The van der Waals surface area contributed by atoms with E-state index in [4.69, 9.17) is 0 Å². The molecular weight excluding hydrogens is 172 g/mol. The largest absolute Gasteiger partial charge is 0.299 e. The van der Waals surface area contributed by atoms with Crippen molar-refractivity contribution in [2.75, 3.05) is 0 Å². The lowest BCUT2D eigenvalue weighted by molar-refractivity contribution is -0.127. The molecule has 14 heavy (non-hydrogen) atoms. The second-order valence-electron chi connectivity index (χ2n) is 4.93.